The minimum atomic E-state index is -0.537. The van der Waals surface area contributed by atoms with Gasteiger partial charge in [-0.1, -0.05) is 53.2 Å². The molecule has 1 amide bonds. The van der Waals surface area contributed by atoms with Crippen molar-refractivity contribution in [1.29, 1.82) is 0 Å². The molecule has 0 saturated heterocycles. The number of hydrogen-bond acceptors (Lipinski definition) is 2. The standard InChI is InChI=1S/C21H20BrNO2/c1-3-20(21(24)23-17-9-11-19(22)14(2)12-17)25-18-10-8-15-6-4-5-7-16(15)13-18/h4-13,20H,3H2,1-2H3,(H,23,24)/t20-/m0/s1. The van der Waals surface area contributed by atoms with Crippen LogP contribution in [-0.4, -0.2) is 12.0 Å². The van der Waals surface area contributed by atoms with Crippen molar-refractivity contribution >= 4 is 38.3 Å². The van der Waals surface area contributed by atoms with Crippen LogP contribution in [0.1, 0.15) is 18.9 Å². The molecule has 0 radical (unpaired) electrons. The molecule has 3 nitrogen and oxygen atoms in total. The van der Waals surface area contributed by atoms with Crippen LogP contribution in [0.2, 0.25) is 0 Å². The first-order valence-electron chi connectivity index (χ1n) is 8.29. The third kappa shape index (κ3) is 4.20. The Hall–Kier alpha value is -2.33. The second kappa shape index (κ2) is 7.70. The second-order valence-electron chi connectivity index (χ2n) is 5.98. The number of rotatable bonds is 5. The maximum Gasteiger partial charge on any atom is 0.265 e. The molecule has 0 unspecified atom stereocenters. The molecule has 3 aromatic rings. The highest BCUT2D eigenvalue weighted by Crippen LogP contribution is 2.23. The van der Waals surface area contributed by atoms with E-state index in [0.29, 0.717) is 12.2 Å². The smallest absolute Gasteiger partial charge is 0.265 e. The Morgan fingerprint density at radius 2 is 1.84 bits per heavy atom. The van der Waals surface area contributed by atoms with Gasteiger partial charge in [0, 0.05) is 10.2 Å². The fraction of sp³-hybridized carbons (Fsp3) is 0.190. The van der Waals surface area contributed by atoms with Gasteiger partial charge in [-0.15, -0.1) is 0 Å². The largest absolute Gasteiger partial charge is 0.481 e. The third-order valence-corrected chi connectivity index (χ3v) is 4.98. The van der Waals surface area contributed by atoms with Crippen LogP contribution < -0.4 is 10.1 Å². The first-order valence-corrected chi connectivity index (χ1v) is 9.08. The molecule has 0 spiro atoms. The van der Waals surface area contributed by atoms with E-state index in [4.69, 9.17) is 4.74 Å². The number of ether oxygens (including phenoxy) is 1. The quantitative estimate of drug-likeness (QED) is 0.598. The number of amides is 1. The number of halogens is 1. The number of nitrogens with one attached hydrogen (secondary N) is 1. The third-order valence-electron chi connectivity index (χ3n) is 4.09. The normalized spacial score (nSPS) is 12.0. The molecule has 0 aromatic heterocycles. The SMILES string of the molecule is CC[C@H](Oc1ccc2ccccc2c1)C(=O)Nc1ccc(Br)c(C)c1. The van der Waals surface area contributed by atoms with Crippen LogP contribution in [0.15, 0.2) is 65.1 Å². The van der Waals surface area contributed by atoms with Crippen LogP contribution in [0.25, 0.3) is 10.8 Å². The van der Waals surface area contributed by atoms with E-state index in [0.717, 1.165) is 26.5 Å². The van der Waals surface area contributed by atoms with Gasteiger partial charge in [-0.05, 0) is 60.0 Å². The number of aryl methyl sites for hydroxylation is 1. The zero-order valence-corrected chi connectivity index (χ0v) is 15.8. The Labute approximate surface area is 156 Å². The molecule has 1 atom stereocenters. The Balaban J connectivity index is 1.73. The van der Waals surface area contributed by atoms with Crippen molar-refractivity contribution in [1.82, 2.24) is 0 Å². The summed E-state index contributed by atoms with van der Waals surface area (Å²) in [6.07, 6.45) is 0.0545. The van der Waals surface area contributed by atoms with Crippen molar-refractivity contribution in [2.45, 2.75) is 26.4 Å². The zero-order valence-electron chi connectivity index (χ0n) is 14.3. The summed E-state index contributed by atoms with van der Waals surface area (Å²) >= 11 is 3.46. The number of carbonyl (C=O) groups excluding carboxylic acids is 1. The van der Waals surface area contributed by atoms with Gasteiger partial charge < -0.3 is 10.1 Å². The van der Waals surface area contributed by atoms with E-state index >= 15 is 0 Å². The van der Waals surface area contributed by atoms with E-state index in [-0.39, 0.29) is 5.91 Å². The van der Waals surface area contributed by atoms with Gasteiger partial charge in [0.25, 0.3) is 5.91 Å². The summed E-state index contributed by atoms with van der Waals surface area (Å²) in [6, 6.07) is 19.7. The van der Waals surface area contributed by atoms with Crippen LogP contribution in [0.5, 0.6) is 5.75 Å². The Bertz CT molecular complexity index is 907. The predicted molar refractivity (Wildman–Crippen MR) is 106 cm³/mol. The molecule has 0 aliphatic carbocycles. The van der Waals surface area contributed by atoms with Crippen molar-refractivity contribution in [2.24, 2.45) is 0 Å². The molecule has 25 heavy (non-hydrogen) atoms. The minimum absolute atomic E-state index is 0.141. The number of anilines is 1. The monoisotopic (exact) mass is 397 g/mol. The molecule has 0 heterocycles. The van der Waals surface area contributed by atoms with Gasteiger partial charge in [0.1, 0.15) is 5.75 Å². The maximum absolute atomic E-state index is 12.6. The summed E-state index contributed by atoms with van der Waals surface area (Å²) in [5, 5.41) is 5.18. The minimum Gasteiger partial charge on any atom is -0.481 e. The summed E-state index contributed by atoms with van der Waals surface area (Å²) in [7, 11) is 0. The molecule has 0 fully saturated rings. The van der Waals surface area contributed by atoms with Crippen LogP contribution in [0.3, 0.4) is 0 Å². The molecule has 4 heteroatoms. The number of carbonyl (C=O) groups is 1. The summed E-state index contributed by atoms with van der Waals surface area (Å²) in [6.45, 7) is 3.93. The lowest BCUT2D eigenvalue weighted by atomic mass is 10.1. The van der Waals surface area contributed by atoms with Crippen LogP contribution in [-0.2, 0) is 4.79 Å². The van der Waals surface area contributed by atoms with Gasteiger partial charge in [0.2, 0.25) is 0 Å². The highest BCUT2D eigenvalue weighted by Gasteiger charge is 2.19. The topological polar surface area (TPSA) is 38.3 Å². The average Bonchev–Trinajstić information content (AvgIpc) is 2.62. The number of benzene rings is 3. The lowest BCUT2D eigenvalue weighted by Gasteiger charge is -2.18. The van der Waals surface area contributed by atoms with Crippen molar-refractivity contribution < 1.29 is 9.53 Å². The highest BCUT2D eigenvalue weighted by molar-refractivity contribution is 9.10. The van der Waals surface area contributed by atoms with Crippen LogP contribution in [0, 0.1) is 6.92 Å². The predicted octanol–water partition coefficient (Wildman–Crippen LogP) is 5.71. The van der Waals surface area contributed by atoms with Gasteiger partial charge in [-0.25, -0.2) is 0 Å². The molecule has 0 saturated carbocycles. The molecule has 3 rings (SSSR count). The Morgan fingerprint density at radius 1 is 1.08 bits per heavy atom. The first kappa shape index (κ1) is 17.5. The average molecular weight is 398 g/mol. The summed E-state index contributed by atoms with van der Waals surface area (Å²) in [5.74, 6) is 0.560. The van der Waals surface area contributed by atoms with Gasteiger partial charge in [-0.2, -0.15) is 0 Å². The van der Waals surface area contributed by atoms with E-state index in [1.807, 2.05) is 68.4 Å². The van der Waals surface area contributed by atoms with Gasteiger partial charge >= 0.3 is 0 Å². The van der Waals surface area contributed by atoms with E-state index in [2.05, 4.69) is 27.3 Å². The molecule has 0 aliphatic heterocycles. The molecule has 0 bridgehead atoms. The van der Waals surface area contributed by atoms with E-state index in [9.17, 15) is 4.79 Å². The lowest BCUT2D eigenvalue weighted by molar-refractivity contribution is -0.122. The van der Waals surface area contributed by atoms with E-state index in [1.165, 1.54) is 0 Å². The molecular weight excluding hydrogens is 378 g/mol. The number of hydrogen-bond donors (Lipinski definition) is 1. The van der Waals surface area contributed by atoms with Gasteiger partial charge in [0.15, 0.2) is 6.10 Å². The number of fused-ring (bicyclic) bond motifs is 1. The Morgan fingerprint density at radius 3 is 2.56 bits per heavy atom. The van der Waals surface area contributed by atoms with Crippen molar-refractivity contribution in [3.63, 3.8) is 0 Å². The van der Waals surface area contributed by atoms with Gasteiger partial charge in [-0.3, -0.25) is 4.79 Å². The maximum atomic E-state index is 12.6. The summed E-state index contributed by atoms with van der Waals surface area (Å²) < 4.78 is 6.96. The summed E-state index contributed by atoms with van der Waals surface area (Å²) in [5.41, 5.74) is 1.84. The lowest BCUT2D eigenvalue weighted by Crippen LogP contribution is -2.32. The molecular formula is C21H20BrNO2. The van der Waals surface area contributed by atoms with Crippen LogP contribution in [0.4, 0.5) is 5.69 Å². The second-order valence-corrected chi connectivity index (χ2v) is 6.83. The van der Waals surface area contributed by atoms with Crippen molar-refractivity contribution in [3.05, 3.63) is 70.7 Å². The fourth-order valence-corrected chi connectivity index (χ4v) is 2.92. The zero-order chi connectivity index (χ0) is 17.8. The van der Waals surface area contributed by atoms with E-state index in [1.54, 1.807) is 0 Å². The van der Waals surface area contributed by atoms with Crippen molar-refractivity contribution in [3.8, 4) is 5.75 Å². The first-order chi connectivity index (χ1) is 12.1. The van der Waals surface area contributed by atoms with E-state index < -0.39 is 6.10 Å². The highest BCUT2D eigenvalue weighted by atomic mass is 79.9. The molecule has 128 valence electrons. The fourth-order valence-electron chi connectivity index (χ4n) is 2.67. The van der Waals surface area contributed by atoms with Gasteiger partial charge in [0.05, 0.1) is 0 Å². The van der Waals surface area contributed by atoms with Crippen molar-refractivity contribution in [2.75, 3.05) is 5.32 Å². The molecule has 3 aromatic carbocycles. The Kier molecular flexibility index (Phi) is 5.39. The molecule has 1 N–H and O–H groups in total. The van der Waals surface area contributed by atoms with Crippen LogP contribution >= 0.6 is 15.9 Å². The molecule has 0 aliphatic rings. The summed E-state index contributed by atoms with van der Waals surface area (Å²) in [4.78, 5) is 12.6.